The van der Waals surface area contributed by atoms with E-state index in [9.17, 15) is 32.7 Å². The highest BCUT2D eigenvalue weighted by Gasteiger charge is 2.85. The van der Waals surface area contributed by atoms with Crippen molar-refractivity contribution in [1.29, 1.82) is 0 Å². The lowest BCUT2D eigenvalue weighted by atomic mass is 9.75. The van der Waals surface area contributed by atoms with Crippen molar-refractivity contribution in [2.75, 3.05) is 0 Å². The number of aliphatic carboxylic acids is 1. The van der Waals surface area contributed by atoms with Crippen molar-refractivity contribution in [1.82, 2.24) is 0 Å². The third-order valence-electron chi connectivity index (χ3n) is 8.96. The largest absolute Gasteiger partial charge is 0.511 e. The highest BCUT2D eigenvalue weighted by Crippen LogP contribution is 2.67. The van der Waals surface area contributed by atoms with Gasteiger partial charge in [-0.15, -0.1) is 0 Å². The molecule has 3 fully saturated rings. The van der Waals surface area contributed by atoms with E-state index in [1.165, 1.54) is 19.1 Å². The molecule has 9 nitrogen and oxygen atoms in total. The van der Waals surface area contributed by atoms with Crippen LogP contribution in [-0.2, 0) is 41.3 Å². The summed E-state index contributed by atoms with van der Waals surface area (Å²) in [5.41, 5.74) is 0.766. The van der Waals surface area contributed by atoms with Crippen molar-refractivity contribution >= 4 is 18.1 Å². The fraction of sp³-hybridized carbons (Fsp3) is 0.690. The van der Waals surface area contributed by atoms with E-state index in [0.29, 0.717) is 17.9 Å². The van der Waals surface area contributed by atoms with E-state index in [0.717, 1.165) is 25.0 Å². The van der Waals surface area contributed by atoms with Gasteiger partial charge in [0.25, 0.3) is 0 Å². The van der Waals surface area contributed by atoms with Gasteiger partial charge < -0.3 is 29.8 Å². The number of carbonyl (C=O) groups excluding carboxylic acids is 2. The zero-order chi connectivity index (χ0) is 31.2. The van der Waals surface area contributed by atoms with Gasteiger partial charge in [0.2, 0.25) is 12.0 Å². The first-order chi connectivity index (χ1) is 19.5. The Hall–Kier alpha value is -2.93. The molecule has 0 amide bonds. The number of esters is 1. The van der Waals surface area contributed by atoms with Crippen LogP contribution in [-0.4, -0.2) is 52.9 Å². The molecule has 3 aliphatic carbocycles. The van der Waals surface area contributed by atoms with E-state index in [2.05, 4.69) is 6.92 Å². The van der Waals surface area contributed by atoms with Crippen LogP contribution in [0.5, 0.6) is 0 Å². The average molecular weight is 604 g/mol. The third-order valence-corrected chi connectivity index (χ3v) is 8.96. The first kappa shape index (κ1) is 32.0. The summed E-state index contributed by atoms with van der Waals surface area (Å²) in [6.45, 7) is 7.10. The van der Waals surface area contributed by atoms with E-state index < -0.39 is 65.3 Å². The lowest BCUT2D eigenvalue weighted by Gasteiger charge is -2.36. The number of hydrogen-bond acceptors (Lipinski definition) is 8. The lowest BCUT2D eigenvalue weighted by molar-refractivity contribution is -0.184. The van der Waals surface area contributed by atoms with Crippen LogP contribution >= 0.6 is 0 Å². The summed E-state index contributed by atoms with van der Waals surface area (Å²) in [6.07, 6.45) is -6.36. The molecular weight excluding hydrogens is 566 g/mol. The van der Waals surface area contributed by atoms with Crippen LogP contribution in [0.15, 0.2) is 24.3 Å². The molecule has 13 heteroatoms. The number of benzene rings is 1. The standard InChI is InChI=1S/C29H37F4NO8/c1-14(2)19-10-5-15(3)11-21(19)42-26(38)41-16(4)40-25(37)28(34)22(12-20-23(28)27(20,30)24(35)36)39-13-17-6-8-18(9-7-17)29(31,32)33/h6-9,14-16,19-23H,5,10-13,34H2,1-4H3,(H,35,36)/t15-,16-,19?,20-,21-,22-,23+,27-,28+/m1/s1. The second-order valence-corrected chi connectivity index (χ2v) is 12.1. The minimum absolute atomic E-state index is 0.139. The summed E-state index contributed by atoms with van der Waals surface area (Å²) in [6, 6.07) is 4.09. The van der Waals surface area contributed by atoms with Gasteiger partial charge in [-0.1, -0.05) is 39.3 Å². The molecule has 42 heavy (non-hydrogen) atoms. The summed E-state index contributed by atoms with van der Waals surface area (Å²) in [5, 5.41) is 9.45. The lowest BCUT2D eigenvalue weighted by Crippen LogP contribution is -2.61. The first-order valence-electron chi connectivity index (χ1n) is 14.1. The Bertz CT molecular complexity index is 1180. The molecule has 0 radical (unpaired) electrons. The van der Waals surface area contributed by atoms with E-state index in [4.69, 9.17) is 24.7 Å². The number of fused-ring (bicyclic) bond motifs is 1. The van der Waals surface area contributed by atoms with Crippen LogP contribution in [0.3, 0.4) is 0 Å². The molecule has 0 aromatic heterocycles. The summed E-state index contributed by atoms with van der Waals surface area (Å²) in [7, 11) is 0. The summed E-state index contributed by atoms with van der Waals surface area (Å²) in [4.78, 5) is 37.5. The summed E-state index contributed by atoms with van der Waals surface area (Å²) >= 11 is 0. The van der Waals surface area contributed by atoms with Crippen LogP contribution in [0.4, 0.5) is 22.4 Å². The third kappa shape index (κ3) is 6.08. The van der Waals surface area contributed by atoms with Crippen LogP contribution in [0.25, 0.3) is 0 Å². The van der Waals surface area contributed by atoms with Gasteiger partial charge in [0, 0.05) is 18.8 Å². The van der Waals surface area contributed by atoms with Gasteiger partial charge in [-0.2, -0.15) is 13.2 Å². The van der Waals surface area contributed by atoms with Gasteiger partial charge in [-0.05, 0) is 54.7 Å². The van der Waals surface area contributed by atoms with Crippen LogP contribution in [0.2, 0.25) is 0 Å². The number of hydrogen-bond donors (Lipinski definition) is 2. The zero-order valence-corrected chi connectivity index (χ0v) is 23.9. The van der Waals surface area contributed by atoms with Crippen molar-refractivity contribution in [2.45, 2.75) is 95.9 Å². The smallest absolute Gasteiger partial charge is 0.479 e. The number of halogens is 4. The number of ether oxygens (including phenoxy) is 4. The van der Waals surface area contributed by atoms with Crippen molar-refractivity contribution in [3.8, 4) is 0 Å². The molecule has 1 aromatic rings. The van der Waals surface area contributed by atoms with Crippen LogP contribution in [0, 0.1) is 29.6 Å². The predicted molar refractivity (Wildman–Crippen MR) is 138 cm³/mol. The highest BCUT2D eigenvalue weighted by molar-refractivity contribution is 5.91. The Morgan fingerprint density at radius 1 is 1.07 bits per heavy atom. The Morgan fingerprint density at radius 2 is 1.71 bits per heavy atom. The maximum atomic E-state index is 15.3. The minimum Gasteiger partial charge on any atom is -0.479 e. The van der Waals surface area contributed by atoms with E-state index in [-0.39, 0.29) is 31.0 Å². The maximum absolute atomic E-state index is 15.3. The van der Waals surface area contributed by atoms with Gasteiger partial charge in [0.15, 0.2) is 0 Å². The Labute approximate surface area is 241 Å². The van der Waals surface area contributed by atoms with Gasteiger partial charge in [0.05, 0.1) is 18.3 Å². The number of carbonyl (C=O) groups is 3. The molecule has 3 aliphatic rings. The maximum Gasteiger partial charge on any atom is 0.511 e. The van der Waals surface area contributed by atoms with Crippen LogP contribution < -0.4 is 5.73 Å². The van der Waals surface area contributed by atoms with Crippen LogP contribution in [0.1, 0.15) is 64.5 Å². The van der Waals surface area contributed by atoms with Crippen molar-refractivity contribution in [2.24, 2.45) is 35.3 Å². The second kappa shape index (κ2) is 11.6. The molecule has 3 saturated carbocycles. The molecule has 0 bridgehead atoms. The first-order valence-corrected chi connectivity index (χ1v) is 14.1. The number of rotatable bonds is 9. The average Bonchev–Trinajstić information content (AvgIpc) is 3.37. The van der Waals surface area contributed by atoms with Gasteiger partial charge in [-0.25, -0.2) is 18.8 Å². The zero-order valence-electron chi connectivity index (χ0n) is 23.9. The molecule has 234 valence electrons. The molecule has 1 aromatic carbocycles. The van der Waals surface area contributed by atoms with E-state index >= 15 is 4.39 Å². The van der Waals surface area contributed by atoms with E-state index in [1.54, 1.807) is 0 Å². The second-order valence-electron chi connectivity index (χ2n) is 12.1. The highest BCUT2D eigenvalue weighted by atomic mass is 19.4. The molecule has 0 saturated heterocycles. The number of carboxylic acid groups (broad SMARTS) is 1. The molecule has 9 atom stereocenters. The minimum atomic E-state index is -4.53. The monoisotopic (exact) mass is 603 g/mol. The Kier molecular flexibility index (Phi) is 8.86. The molecule has 3 N–H and O–H groups in total. The summed E-state index contributed by atoms with van der Waals surface area (Å²) in [5.74, 6) is -4.88. The normalized spacial score (nSPS) is 34.8. The molecular formula is C29H37F4NO8. The molecule has 4 rings (SSSR count). The van der Waals surface area contributed by atoms with E-state index in [1.807, 2.05) is 13.8 Å². The molecule has 0 spiro atoms. The summed E-state index contributed by atoms with van der Waals surface area (Å²) < 4.78 is 75.6. The molecule has 0 heterocycles. The van der Waals surface area contributed by atoms with Gasteiger partial charge in [0.1, 0.15) is 11.6 Å². The predicted octanol–water partition coefficient (Wildman–Crippen LogP) is 5.23. The fourth-order valence-electron chi connectivity index (χ4n) is 6.60. The number of nitrogens with two attached hydrogens (primary N) is 1. The van der Waals surface area contributed by atoms with Crippen molar-refractivity contribution in [3.05, 3.63) is 35.4 Å². The van der Waals surface area contributed by atoms with Crippen molar-refractivity contribution in [3.63, 3.8) is 0 Å². The molecule has 1 unspecified atom stereocenters. The quantitative estimate of drug-likeness (QED) is 0.221. The topological polar surface area (TPSA) is 134 Å². The number of alkyl halides is 4. The van der Waals surface area contributed by atoms with Crippen molar-refractivity contribution < 1.29 is 56.0 Å². The molecule has 0 aliphatic heterocycles. The van der Waals surface area contributed by atoms with Gasteiger partial charge >= 0.3 is 24.3 Å². The Balaban J connectivity index is 1.41. The van der Waals surface area contributed by atoms with Gasteiger partial charge in [-0.3, -0.25) is 0 Å². The Morgan fingerprint density at radius 3 is 2.29 bits per heavy atom. The SMILES string of the molecule is CC(C)C1CC[C@@H](C)C[C@H]1OC(=O)O[C@H](C)OC(=O)[C@@]1(N)[C@H]2[C@@H](C[C@H]1OCc1ccc(C(F)(F)F)cc1)[C@]2(F)C(=O)O. The fourth-order valence-corrected chi connectivity index (χ4v) is 6.60. The number of carboxylic acids is 1.